The second kappa shape index (κ2) is 13.7. The van der Waals surface area contributed by atoms with Crippen molar-refractivity contribution in [2.24, 2.45) is 4.99 Å². The van der Waals surface area contributed by atoms with Crippen molar-refractivity contribution < 1.29 is 32.2 Å². The van der Waals surface area contributed by atoms with Gasteiger partial charge in [-0.15, -0.1) is 0 Å². The fourth-order valence-corrected chi connectivity index (χ4v) is 5.92. The predicted molar refractivity (Wildman–Crippen MR) is 147 cm³/mol. The Labute approximate surface area is 230 Å². The summed E-state index contributed by atoms with van der Waals surface area (Å²) >= 11 is 3.36. The van der Waals surface area contributed by atoms with Gasteiger partial charge in [0.05, 0.1) is 18.0 Å². The molecule has 1 aliphatic heterocycles. The highest BCUT2D eigenvalue weighted by atomic mass is 79.9. The Hall–Kier alpha value is -3.00. The lowest BCUT2D eigenvalue weighted by molar-refractivity contribution is -0.114. The largest absolute Gasteiger partial charge is 0.491 e. The van der Waals surface area contributed by atoms with Gasteiger partial charge >= 0.3 is 0 Å². The quantitative estimate of drug-likeness (QED) is 0.263. The van der Waals surface area contributed by atoms with Gasteiger partial charge in [-0.1, -0.05) is 28.1 Å². The molecule has 11 nitrogen and oxygen atoms in total. The summed E-state index contributed by atoms with van der Waals surface area (Å²) in [5, 5.41) is 5.30. The van der Waals surface area contributed by atoms with Gasteiger partial charge in [0, 0.05) is 53.0 Å². The summed E-state index contributed by atoms with van der Waals surface area (Å²) in [4.78, 5) is 29.1. The van der Waals surface area contributed by atoms with Crippen LogP contribution in [0.15, 0.2) is 52.4 Å². The van der Waals surface area contributed by atoms with Crippen molar-refractivity contribution in [1.82, 2.24) is 9.62 Å². The third-order valence-corrected chi connectivity index (χ3v) is 8.24. The summed E-state index contributed by atoms with van der Waals surface area (Å²) in [5.41, 5.74) is 0.806. The van der Waals surface area contributed by atoms with E-state index >= 15 is 0 Å². The number of nitrogens with zero attached hydrogens (tertiary/aromatic N) is 2. The number of aliphatic imine (C=N–C) groups is 1. The summed E-state index contributed by atoms with van der Waals surface area (Å²) in [7, 11) is 0.652. The number of alkyl halides is 1. The number of carbonyl (C=O) groups is 2. The number of nitrogens with one attached hydrogen (secondary N) is 2. The van der Waals surface area contributed by atoms with Gasteiger partial charge in [-0.2, -0.15) is 0 Å². The Bertz CT molecular complexity index is 1290. The Balaban J connectivity index is 1.93. The second-order valence-corrected chi connectivity index (χ2v) is 10.9. The number of benzene rings is 2. The summed E-state index contributed by atoms with van der Waals surface area (Å²) in [6.07, 6.45) is 1.01. The average molecular weight is 612 g/mol. The number of hydrogen-bond donors (Lipinski definition) is 2. The molecular weight excluding hydrogens is 580 g/mol. The van der Waals surface area contributed by atoms with Gasteiger partial charge in [0.1, 0.15) is 16.5 Å². The number of methoxy groups -OCH3 is 2. The predicted octanol–water partition coefficient (Wildman–Crippen LogP) is 2.93. The maximum absolute atomic E-state index is 13.4. The van der Waals surface area contributed by atoms with E-state index in [0.29, 0.717) is 44.0 Å². The zero-order valence-electron chi connectivity index (χ0n) is 21.4. The fourth-order valence-electron chi connectivity index (χ4n) is 3.70. The molecule has 0 saturated heterocycles. The Morgan fingerprint density at radius 3 is 2.47 bits per heavy atom. The van der Waals surface area contributed by atoms with Crippen molar-refractivity contribution in [2.75, 3.05) is 52.9 Å². The average Bonchev–Trinajstić information content (AvgIpc) is 2.92. The van der Waals surface area contributed by atoms with Crippen molar-refractivity contribution in [1.29, 1.82) is 0 Å². The van der Waals surface area contributed by atoms with Gasteiger partial charge in [0.25, 0.3) is 15.9 Å². The number of anilines is 1. The molecule has 38 heavy (non-hydrogen) atoms. The van der Waals surface area contributed by atoms with Crippen molar-refractivity contribution in [3.63, 3.8) is 0 Å². The summed E-state index contributed by atoms with van der Waals surface area (Å²) in [6, 6.07) is 11.0. The molecule has 0 radical (unpaired) electrons. The molecule has 2 amide bonds. The first-order chi connectivity index (χ1) is 18.2. The number of hydrogen-bond acceptors (Lipinski definition) is 8. The van der Waals surface area contributed by atoms with E-state index in [0.717, 1.165) is 4.31 Å². The van der Waals surface area contributed by atoms with E-state index < -0.39 is 20.8 Å². The minimum absolute atomic E-state index is 0.0160. The van der Waals surface area contributed by atoms with E-state index in [2.05, 4.69) is 31.6 Å². The number of amidine groups is 1. The van der Waals surface area contributed by atoms with Crippen LogP contribution in [0.25, 0.3) is 0 Å². The van der Waals surface area contributed by atoms with Gasteiger partial charge in [-0.05, 0) is 36.8 Å². The highest BCUT2D eigenvalue weighted by Gasteiger charge is 2.39. The lowest BCUT2D eigenvalue weighted by Gasteiger charge is -2.31. The zero-order valence-corrected chi connectivity index (χ0v) is 23.8. The lowest BCUT2D eigenvalue weighted by atomic mass is 10.1. The van der Waals surface area contributed by atoms with E-state index in [-0.39, 0.29) is 34.6 Å². The third kappa shape index (κ3) is 6.90. The fraction of sp³-hybridized carbons (Fsp3) is 0.400. The summed E-state index contributed by atoms with van der Waals surface area (Å²) in [6.45, 7) is 1.22. The van der Waals surface area contributed by atoms with Crippen LogP contribution in [0, 0.1) is 0 Å². The normalized spacial score (nSPS) is 14.7. The number of rotatable bonds is 13. The number of fused-ring (bicyclic) bond motifs is 1. The SMILES string of the molecule is CNC(=O)c1ccc(OCCCOC)c(NC(=O)C(Br)C2=Nc3ccccc3S(=O)(=O)N2CCCOC)c1. The van der Waals surface area contributed by atoms with Crippen LogP contribution in [0.4, 0.5) is 11.4 Å². The van der Waals surface area contributed by atoms with E-state index in [1.54, 1.807) is 37.4 Å². The number of halogens is 1. The molecule has 1 atom stereocenters. The first kappa shape index (κ1) is 29.6. The maximum atomic E-state index is 13.4. The molecular formula is C25H31BrN4O7S. The van der Waals surface area contributed by atoms with Crippen LogP contribution in [-0.2, 0) is 24.3 Å². The van der Waals surface area contributed by atoms with Crippen LogP contribution in [0.2, 0.25) is 0 Å². The van der Waals surface area contributed by atoms with Crippen molar-refractivity contribution in [3.8, 4) is 5.75 Å². The van der Waals surface area contributed by atoms with Crippen molar-refractivity contribution in [2.45, 2.75) is 22.6 Å². The zero-order chi connectivity index (χ0) is 27.7. The minimum atomic E-state index is -3.96. The molecule has 1 heterocycles. The topological polar surface area (TPSA) is 136 Å². The lowest BCUT2D eigenvalue weighted by Crippen LogP contribution is -2.47. The molecule has 0 fully saturated rings. The molecule has 0 aliphatic carbocycles. The first-order valence-corrected chi connectivity index (χ1v) is 14.2. The molecule has 206 valence electrons. The molecule has 2 N–H and O–H groups in total. The molecule has 2 aromatic rings. The second-order valence-electron chi connectivity index (χ2n) is 8.20. The Morgan fingerprint density at radius 2 is 1.76 bits per heavy atom. The van der Waals surface area contributed by atoms with Crippen LogP contribution >= 0.6 is 15.9 Å². The Kier molecular flexibility index (Phi) is 10.6. The molecule has 3 rings (SSSR count). The molecule has 1 aliphatic rings. The number of amides is 2. The minimum Gasteiger partial charge on any atom is -0.491 e. The van der Waals surface area contributed by atoms with Gasteiger partial charge in [-0.25, -0.2) is 13.4 Å². The first-order valence-electron chi connectivity index (χ1n) is 11.9. The van der Waals surface area contributed by atoms with Crippen molar-refractivity contribution >= 4 is 55.0 Å². The number of ether oxygens (including phenoxy) is 3. The number of para-hydroxylation sites is 1. The Morgan fingerprint density at radius 1 is 1.05 bits per heavy atom. The summed E-state index contributed by atoms with van der Waals surface area (Å²) < 4.78 is 44.0. The van der Waals surface area contributed by atoms with Crippen molar-refractivity contribution in [3.05, 3.63) is 48.0 Å². The highest BCUT2D eigenvalue weighted by Crippen LogP contribution is 2.34. The van der Waals surface area contributed by atoms with Crippen LogP contribution in [0.1, 0.15) is 23.2 Å². The smallest absolute Gasteiger partial charge is 0.267 e. The van der Waals surface area contributed by atoms with Gasteiger partial charge < -0.3 is 24.8 Å². The molecule has 0 spiro atoms. The molecule has 2 aromatic carbocycles. The number of carbonyl (C=O) groups excluding carboxylic acids is 2. The molecule has 0 aromatic heterocycles. The van der Waals surface area contributed by atoms with Crippen LogP contribution < -0.4 is 15.4 Å². The third-order valence-electron chi connectivity index (χ3n) is 5.57. The summed E-state index contributed by atoms with van der Waals surface area (Å²) in [5.74, 6) is -0.569. The molecule has 1 unspecified atom stereocenters. The number of sulfonamides is 1. The molecule has 0 saturated carbocycles. The van der Waals surface area contributed by atoms with E-state index in [9.17, 15) is 18.0 Å². The highest BCUT2D eigenvalue weighted by molar-refractivity contribution is 9.10. The monoisotopic (exact) mass is 610 g/mol. The van der Waals surface area contributed by atoms with Crippen LogP contribution in [0.5, 0.6) is 5.75 Å². The molecule has 13 heteroatoms. The van der Waals surface area contributed by atoms with Gasteiger partial charge in [-0.3, -0.25) is 13.9 Å². The standard InChI is InChI=1S/C25H31BrN4O7S/c1-27-24(31)17-10-11-20(37-15-7-14-36-3)19(16-17)29-25(32)22(26)23-28-18-8-4-5-9-21(18)38(33,34)30(23)12-6-13-35-2/h4-5,8-11,16,22H,6-7,12-15H2,1-3H3,(H,27,31)(H,29,32). The van der Waals surface area contributed by atoms with Crippen LogP contribution in [0.3, 0.4) is 0 Å². The van der Waals surface area contributed by atoms with Crippen LogP contribution in [-0.4, -0.2) is 82.8 Å². The maximum Gasteiger partial charge on any atom is 0.267 e. The van der Waals surface area contributed by atoms with Gasteiger partial charge in [0.15, 0.2) is 4.83 Å². The van der Waals surface area contributed by atoms with E-state index in [1.807, 2.05) is 0 Å². The van der Waals surface area contributed by atoms with E-state index in [1.165, 1.54) is 26.3 Å². The van der Waals surface area contributed by atoms with Gasteiger partial charge in [0.2, 0.25) is 5.91 Å². The molecule has 0 bridgehead atoms. The van der Waals surface area contributed by atoms with E-state index in [4.69, 9.17) is 14.2 Å².